The Morgan fingerprint density at radius 2 is 1.95 bits per heavy atom. The van der Waals surface area contributed by atoms with Gasteiger partial charge in [-0.05, 0) is 18.2 Å². The van der Waals surface area contributed by atoms with E-state index in [2.05, 4.69) is 5.32 Å². The van der Waals surface area contributed by atoms with Gasteiger partial charge in [0.25, 0.3) is 5.91 Å². The molecule has 7 heteroatoms. The van der Waals surface area contributed by atoms with Gasteiger partial charge in [-0.1, -0.05) is 11.6 Å². The molecule has 0 atom stereocenters. The van der Waals surface area contributed by atoms with E-state index in [0.717, 1.165) is 0 Å². The molecule has 108 valence electrons. The average molecular weight is 307 g/mol. The largest absolute Gasteiger partial charge is 0.507 e. The first-order chi connectivity index (χ1) is 10.0. The fourth-order valence-corrected chi connectivity index (χ4v) is 2.12. The summed E-state index contributed by atoms with van der Waals surface area (Å²) in [6.45, 7) is 0.112. The number of nitrogens with two attached hydrogens (primary N) is 1. The zero-order valence-corrected chi connectivity index (χ0v) is 11.5. The number of carbonyl (C=O) groups is 1. The highest BCUT2D eigenvalue weighted by Crippen LogP contribution is 2.38. The molecule has 0 unspecified atom stereocenters. The Bertz CT molecular complexity index is 733. The van der Waals surface area contributed by atoms with E-state index in [1.807, 2.05) is 0 Å². The molecular weight excluding hydrogens is 296 g/mol. The highest BCUT2D eigenvalue weighted by molar-refractivity contribution is 6.31. The number of amides is 1. The molecule has 1 aliphatic rings. The van der Waals surface area contributed by atoms with E-state index in [4.69, 9.17) is 26.8 Å². The van der Waals surface area contributed by atoms with Crippen LogP contribution in [0.5, 0.6) is 17.2 Å². The number of ether oxygens (including phenoxy) is 2. The van der Waals surface area contributed by atoms with Crippen molar-refractivity contribution in [3.05, 3.63) is 40.9 Å². The second-order valence-corrected chi connectivity index (χ2v) is 4.84. The van der Waals surface area contributed by atoms with Crippen molar-refractivity contribution in [2.24, 2.45) is 0 Å². The number of hydrogen-bond acceptors (Lipinski definition) is 5. The lowest BCUT2D eigenvalue weighted by molar-refractivity contribution is 0.102. The molecular formula is C14H11ClN2O4. The standard InChI is InChI=1S/C14H11ClN2O4/c15-7-1-2-11(18)8(3-7)14(19)17-10-5-13-12(4-9(10)16)20-6-21-13/h1-5,18H,6,16H2,(H,17,19). The van der Waals surface area contributed by atoms with E-state index in [-0.39, 0.29) is 18.1 Å². The van der Waals surface area contributed by atoms with Gasteiger partial charge in [0.1, 0.15) is 5.75 Å². The number of phenolic OH excluding ortho intramolecular Hbond substituents is 1. The first kappa shape index (κ1) is 13.4. The maximum atomic E-state index is 12.2. The van der Waals surface area contributed by atoms with Gasteiger partial charge in [0.15, 0.2) is 11.5 Å². The Morgan fingerprint density at radius 3 is 2.71 bits per heavy atom. The Morgan fingerprint density at radius 1 is 1.24 bits per heavy atom. The van der Waals surface area contributed by atoms with Crippen LogP contribution >= 0.6 is 11.6 Å². The van der Waals surface area contributed by atoms with Crippen molar-refractivity contribution in [3.63, 3.8) is 0 Å². The summed E-state index contributed by atoms with van der Waals surface area (Å²) in [7, 11) is 0. The number of nitrogen functional groups attached to an aromatic ring is 1. The number of halogens is 1. The van der Waals surface area contributed by atoms with Gasteiger partial charge in [-0.3, -0.25) is 4.79 Å². The Kier molecular flexibility index (Phi) is 3.23. The molecule has 0 spiro atoms. The van der Waals surface area contributed by atoms with Gasteiger partial charge < -0.3 is 25.6 Å². The number of fused-ring (bicyclic) bond motifs is 1. The molecule has 0 aromatic heterocycles. The number of anilines is 2. The third-order valence-electron chi connectivity index (χ3n) is 3.00. The number of benzene rings is 2. The highest BCUT2D eigenvalue weighted by atomic mass is 35.5. The third-order valence-corrected chi connectivity index (χ3v) is 3.23. The van der Waals surface area contributed by atoms with Gasteiger partial charge in [-0.2, -0.15) is 0 Å². The van der Waals surface area contributed by atoms with Crippen molar-refractivity contribution in [1.29, 1.82) is 0 Å². The quantitative estimate of drug-likeness (QED) is 0.741. The van der Waals surface area contributed by atoms with Crippen LogP contribution in [0.2, 0.25) is 5.02 Å². The summed E-state index contributed by atoms with van der Waals surface area (Å²) in [6, 6.07) is 7.34. The van der Waals surface area contributed by atoms with Crippen LogP contribution in [0, 0.1) is 0 Å². The molecule has 6 nitrogen and oxygen atoms in total. The molecule has 1 aliphatic heterocycles. The predicted octanol–water partition coefficient (Wildman–Crippen LogP) is 2.61. The Balaban J connectivity index is 1.90. The fourth-order valence-electron chi connectivity index (χ4n) is 1.95. The maximum Gasteiger partial charge on any atom is 0.259 e. The molecule has 0 fully saturated rings. The summed E-state index contributed by atoms with van der Waals surface area (Å²) in [4.78, 5) is 12.2. The number of hydrogen-bond donors (Lipinski definition) is 3. The summed E-state index contributed by atoms with van der Waals surface area (Å²) >= 11 is 5.82. The van der Waals surface area contributed by atoms with Crippen LogP contribution < -0.4 is 20.5 Å². The molecule has 0 saturated heterocycles. The van der Waals surface area contributed by atoms with E-state index in [9.17, 15) is 9.90 Å². The highest BCUT2D eigenvalue weighted by Gasteiger charge is 2.19. The molecule has 1 heterocycles. The van der Waals surface area contributed by atoms with Crippen molar-refractivity contribution in [1.82, 2.24) is 0 Å². The predicted molar refractivity (Wildman–Crippen MR) is 78.0 cm³/mol. The molecule has 1 amide bonds. The van der Waals surface area contributed by atoms with Gasteiger partial charge in [0.2, 0.25) is 6.79 Å². The van der Waals surface area contributed by atoms with Crippen LogP contribution in [0.25, 0.3) is 0 Å². The van der Waals surface area contributed by atoms with Crippen LogP contribution in [0.3, 0.4) is 0 Å². The lowest BCUT2D eigenvalue weighted by Crippen LogP contribution is -2.13. The first-order valence-electron chi connectivity index (χ1n) is 6.03. The van der Waals surface area contributed by atoms with Gasteiger partial charge in [0, 0.05) is 17.2 Å². The summed E-state index contributed by atoms with van der Waals surface area (Å²) in [5, 5.41) is 12.7. The lowest BCUT2D eigenvalue weighted by Gasteiger charge is -2.10. The number of aromatic hydroxyl groups is 1. The lowest BCUT2D eigenvalue weighted by atomic mass is 10.1. The van der Waals surface area contributed by atoms with Crippen molar-refractivity contribution >= 4 is 28.9 Å². The van der Waals surface area contributed by atoms with Gasteiger partial charge in [-0.15, -0.1) is 0 Å². The number of carbonyl (C=O) groups excluding carboxylic acids is 1. The van der Waals surface area contributed by atoms with Gasteiger partial charge in [0.05, 0.1) is 16.9 Å². The third kappa shape index (κ3) is 2.53. The average Bonchev–Trinajstić information content (AvgIpc) is 2.88. The minimum Gasteiger partial charge on any atom is -0.507 e. The second-order valence-electron chi connectivity index (χ2n) is 4.41. The van der Waals surface area contributed by atoms with Gasteiger partial charge in [-0.25, -0.2) is 0 Å². The molecule has 2 aromatic rings. The van der Waals surface area contributed by atoms with Crippen molar-refractivity contribution < 1.29 is 19.4 Å². The summed E-state index contributed by atoms with van der Waals surface area (Å²) in [5.41, 5.74) is 6.60. The number of nitrogens with one attached hydrogen (secondary N) is 1. The minimum absolute atomic E-state index is 0.0552. The fraction of sp³-hybridized carbons (Fsp3) is 0.0714. The second kappa shape index (κ2) is 5.06. The van der Waals surface area contributed by atoms with Crippen LogP contribution in [0.1, 0.15) is 10.4 Å². The van der Waals surface area contributed by atoms with E-state index < -0.39 is 5.91 Å². The summed E-state index contributed by atoms with van der Waals surface area (Å²) in [5.74, 6) is 0.322. The minimum atomic E-state index is -0.527. The monoisotopic (exact) mass is 306 g/mol. The zero-order valence-electron chi connectivity index (χ0n) is 10.7. The van der Waals surface area contributed by atoms with Gasteiger partial charge >= 0.3 is 0 Å². The molecule has 0 radical (unpaired) electrons. The van der Waals surface area contributed by atoms with Crippen LogP contribution in [-0.4, -0.2) is 17.8 Å². The van der Waals surface area contributed by atoms with E-state index in [0.29, 0.717) is 27.9 Å². The Hall–Kier alpha value is -2.60. The smallest absolute Gasteiger partial charge is 0.259 e. The van der Waals surface area contributed by atoms with E-state index >= 15 is 0 Å². The molecule has 3 rings (SSSR count). The van der Waals surface area contributed by atoms with E-state index in [1.54, 1.807) is 12.1 Å². The molecule has 2 aromatic carbocycles. The SMILES string of the molecule is Nc1cc2c(cc1NC(=O)c1cc(Cl)ccc1O)OCO2. The molecule has 0 saturated carbocycles. The van der Waals surface area contributed by atoms with Crippen LogP contribution in [0.4, 0.5) is 11.4 Å². The van der Waals surface area contributed by atoms with Crippen LogP contribution in [0.15, 0.2) is 30.3 Å². The molecule has 4 N–H and O–H groups in total. The zero-order chi connectivity index (χ0) is 15.0. The summed E-state index contributed by atoms with van der Waals surface area (Å²) < 4.78 is 10.4. The molecule has 0 bridgehead atoms. The normalized spacial score (nSPS) is 12.2. The van der Waals surface area contributed by atoms with Crippen molar-refractivity contribution in [2.75, 3.05) is 17.8 Å². The first-order valence-corrected chi connectivity index (χ1v) is 6.41. The molecule has 0 aliphatic carbocycles. The van der Waals surface area contributed by atoms with E-state index in [1.165, 1.54) is 18.2 Å². The number of phenols is 1. The molecule has 21 heavy (non-hydrogen) atoms. The van der Waals surface area contributed by atoms with Crippen molar-refractivity contribution in [2.45, 2.75) is 0 Å². The topological polar surface area (TPSA) is 93.8 Å². The van der Waals surface area contributed by atoms with Crippen molar-refractivity contribution in [3.8, 4) is 17.2 Å². The number of rotatable bonds is 2. The summed E-state index contributed by atoms with van der Waals surface area (Å²) in [6.07, 6.45) is 0. The maximum absolute atomic E-state index is 12.2. The Labute approximate surface area is 125 Å². The van der Waals surface area contributed by atoms with Crippen LogP contribution in [-0.2, 0) is 0 Å².